The minimum Gasteiger partial charge on any atom is -0.468 e. The smallest absolute Gasteiger partial charge is 0.322 e. The minimum atomic E-state index is -1.96. The molecular weight excluding hydrogens is 166 g/mol. The Kier molecular flexibility index (Phi) is 5.15. The monoisotopic (exact) mass is 183 g/mol. The second kappa shape index (κ2) is 6.43. The SMILES string of the molecule is Cl.[2H][C@H](C(C)C)[C@]([2H])(N)C(=O)OC. The van der Waals surface area contributed by atoms with Gasteiger partial charge in [-0.15, -0.1) is 12.4 Å². The van der Waals surface area contributed by atoms with Gasteiger partial charge in [0, 0.05) is 1.37 Å². The van der Waals surface area contributed by atoms with Crippen molar-refractivity contribution in [3.8, 4) is 0 Å². The van der Waals surface area contributed by atoms with E-state index in [0.717, 1.165) is 7.11 Å². The lowest BCUT2D eigenvalue weighted by Crippen LogP contribution is -2.32. The molecule has 0 aliphatic carbocycles. The summed E-state index contributed by atoms with van der Waals surface area (Å²) in [6.45, 7) is 3.47. The summed E-state index contributed by atoms with van der Waals surface area (Å²) in [6.07, 6.45) is -0.968. The number of nitrogens with two attached hydrogens (primary N) is 1. The van der Waals surface area contributed by atoms with E-state index < -0.39 is 18.4 Å². The second-order valence-electron chi connectivity index (χ2n) is 2.36. The van der Waals surface area contributed by atoms with Gasteiger partial charge in [-0.1, -0.05) is 13.8 Å². The summed E-state index contributed by atoms with van der Waals surface area (Å²) >= 11 is 0. The molecule has 0 unspecified atom stereocenters. The highest BCUT2D eigenvalue weighted by atomic mass is 35.5. The fourth-order valence-electron chi connectivity index (χ4n) is 0.545. The van der Waals surface area contributed by atoms with Crippen molar-refractivity contribution in [3.05, 3.63) is 0 Å². The third-order valence-corrected chi connectivity index (χ3v) is 0.934. The molecule has 0 aliphatic rings. The van der Waals surface area contributed by atoms with Gasteiger partial charge in [0.1, 0.15) is 6.02 Å². The Balaban J connectivity index is 0. The topological polar surface area (TPSA) is 52.3 Å². The van der Waals surface area contributed by atoms with Crippen LogP contribution in [0.3, 0.4) is 0 Å². The van der Waals surface area contributed by atoms with E-state index in [1.54, 1.807) is 13.8 Å². The Morgan fingerprint density at radius 2 is 2.27 bits per heavy atom. The molecule has 0 aromatic carbocycles. The van der Waals surface area contributed by atoms with Crippen LogP contribution in [0.5, 0.6) is 0 Å². The van der Waals surface area contributed by atoms with E-state index in [9.17, 15) is 4.79 Å². The standard InChI is InChI=1S/C7H15NO2.ClH/c1-5(2)4-6(8)7(9)10-3;/h5-6H,4,8H2,1-3H3;1H/t6-;/m0./s1/i4D,6D;/t4-,6+;/m1.. The van der Waals surface area contributed by atoms with Crippen LogP contribution in [-0.4, -0.2) is 19.1 Å². The molecule has 0 bridgehead atoms. The number of ether oxygens (including phenoxy) is 1. The van der Waals surface area contributed by atoms with Gasteiger partial charge in [-0.2, -0.15) is 0 Å². The molecule has 0 aromatic rings. The Morgan fingerprint density at radius 1 is 1.82 bits per heavy atom. The van der Waals surface area contributed by atoms with Gasteiger partial charge in [-0.05, 0) is 12.3 Å². The Morgan fingerprint density at radius 3 is 2.55 bits per heavy atom. The quantitative estimate of drug-likeness (QED) is 0.663. The highest BCUT2D eigenvalue weighted by Crippen LogP contribution is 2.02. The van der Waals surface area contributed by atoms with Crippen molar-refractivity contribution in [3.63, 3.8) is 0 Å². The van der Waals surface area contributed by atoms with Gasteiger partial charge in [0.15, 0.2) is 0 Å². The van der Waals surface area contributed by atoms with E-state index in [1.165, 1.54) is 0 Å². The van der Waals surface area contributed by atoms with Crippen molar-refractivity contribution in [2.45, 2.75) is 26.3 Å². The zero-order valence-electron chi connectivity index (χ0n) is 8.96. The van der Waals surface area contributed by atoms with Crippen molar-refractivity contribution < 1.29 is 12.3 Å². The number of methoxy groups -OCH3 is 1. The number of carbonyl (C=O) groups is 1. The minimum absolute atomic E-state index is 0. The summed E-state index contributed by atoms with van der Waals surface area (Å²) in [6, 6.07) is -1.96. The molecule has 11 heavy (non-hydrogen) atoms. The van der Waals surface area contributed by atoms with Gasteiger partial charge in [0.2, 0.25) is 0 Å². The normalized spacial score (nSPS) is 20.5. The zero-order chi connectivity index (χ0) is 9.94. The average Bonchev–Trinajstić information content (AvgIpc) is 2.01. The molecule has 0 heterocycles. The molecule has 0 radical (unpaired) electrons. The number of hydrogen-bond donors (Lipinski definition) is 1. The number of rotatable bonds is 3. The predicted octanol–water partition coefficient (Wildman–Crippen LogP) is 0.955. The fraction of sp³-hybridized carbons (Fsp3) is 0.857. The molecule has 2 N–H and O–H groups in total. The summed E-state index contributed by atoms with van der Waals surface area (Å²) in [4.78, 5) is 10.9. The molecule has 0 saturated carbocycles. The van der Waals surface area contributed by atoms with E-state index >= 15 is 0 Å². The van der Waals surface area contributed by atoms with Crippen molar-refractivity contribution >= 4 is 18.4 Å². The molecular formula is C7H16ClNO2. The molecule has 4 heteroatoms. The molecule has 0 aromatic heterocycles. The molecule has 0 saturated heterocycles. The van der Waals surface area contributed by atoms with Gasteiger partial charge in [-0.3, -0.25) is 4.79 Å². The van der Waals surface area contributed by atoms with E-state index in [-0.39, 0.29) is 18.3 Å². The van der Waals surface area contributed by atoms with E-state index in [4.69, 9.17) is 8.48 Å². The first kappa shape index (κ1) is 8.81. The fourth-order valence-corrected chi connectivity index (χ4v) is 0.545. The Bertz CT molecular complexity index is 176. The van der Waals surface area contributed by atoms with Gasteiger partial charge in [0.05, 0.1) is 8.48 Å². The van der Waals surface area contributed by atoms with Crippen LogP contribution in [0.1, 0.15) is 23.0 Å². The number of hydrogen-bond acceptors (Lipinski definition) is 3. The highest BCUT2D eigenvalue weighted by molar-refractivity contribution is 5.85. The largest absolute Gasteiger partial charge is 0.468 e. The van der Waals surface area contributed by atoms with Crippen LogP contribution in [0, 0.1) is 5.92 Å². The third kappa shape index (κ3) is 6.13. The lowest BCUT2D eigenvalue weighted by Gasteiger charge is -2.10. The molecule has 0 spiro atoms. The maximum absolute atomic E-state index is 10.9. The summed E-state index contributed by atoms with van der Waals surface area (Å²) in [7, 11) is 1.16. The van der Waals surface area contributed by atoms with E-state index in [0.29, 0.717) is 0 Å². The zero-order valence-corrected chi connectivity index (χ0v) is 7.77. The molecule has 0 rings (SSSR count). The van der Waals surface area contributed by atoms with Crippen LogP contribution in [-0.2, 0) is 9.53 Å². The lowest BCUT2D eigenvalue weighted by atomic mass is 10.1. The van der Waals surface area contributed by atoms with Crippen LogP contribution >= 0.6 is 12.4 Å². The van der Waals surface area contributed by atoms with Crippen LogP contribution in [0.2, 0.25) is 0 Å². The van der Waals surface area contributed by atoms with Gasteiger partial charge >= 0.3 is 5.97 Å². The van der Waals surface area contributed by atoms with Crippen molar-refractivity contribution in [2.75, 3.05) is 7.11 Å². The van der Waals surface area contributed by atoms with Crippen molar-refractivity contribution in [2.24, 2.45) is 11.7 Å². The van der Waals surface area contributed by atoms with Gasteiger partial charge < -0.3 is 10.5 Å². The summed E-state index contributed by atoms with van der Waals surface area (Å²) in [5, 5.41) is 0. The first-order chi connectivity index (χ1) is 5.34. The van der Waals surface area contributed by atoms with Crippen LogP contribution < -0.4 is 5.73 Å². The molecule has 0 fully saturated rings. The first-order valence-electron chi connectivity index (χ1n) is 4.21. The summed E-state index contributed by atoms with van der Waals surface area (Å²) < 4.78 is 19.1. The number of esters is 1. The number of halogens is 1. The predicted molar refractivity (Wildman–Crippen MR) is 46.7 cm³/mol. The van der Waals surface area contributed by atoms with Crippen LogP contribution in [0.25, 0.3) is 0 Å². The summed E-state index contributed by atoms with van der Waals surface area (Å²) in [5.41, 5.74) is 5.32. The molecule has 2 atom stereocenters. The maximum Gasteiger partial charge on any atom is 0.322 e. The molecule has 68 valence electrons. The molecule has 0 aliphatic heterocycles. The van der Waals surface area contributed by atoms with E-state index in [1.807, 2.05) is 0 Å². The summed E-state index contributed by atoms with van der Waals surface area (Å²) in [5.74, 6) is -1.01. The molecule has 0 amide bonds. The average molecular weight is 184 g/mol. The van der Waals surface area contributed by atoms with E-state index in [2.05, 4.69) is 4.74 Å². The van der Waals surface area contributed by atoms with Gasteiger partial charge in [-0.25, -0.2) is 0 Å². The van der Waals surface area contributed by atoms with Crippen molar-refractivity contribution in [1.82, 2.24) is 0 Å². The highest BCUT2D eigenvalue weighted by Gasteiger charge is 2.14. The van der Waals surface area contributed by atoms with Crippen LogP contribution in [0.15, 0.2) is 0 Å². The van der Waals surface area contributed by atoms with Crippen LogP contribution in [0.4, 0.5) is 0 Å². The lowest BCUT2D eigenvalue weighted by molar-refractivity contribution is -0.142. The van der Waals surface area contributed by atoms with Gasteiger partial charge in [0.25, 0.3) is 0 Å². The number of carbonyl (C=O) groups excluding carboxylic acids is 1. The van der Waals surface area contributed by atoms with Crippen molar-refractivity contribution in [1.29, 1.82) is 0 Å². The Hall–Kier alpha value is -0.280. The molecule has 3 nitrogen and oxygen atoms in total. The third-order valence-electron chi connectivity index (χ3n) is 0.934. The Labute approximate surface area is 76.5 Å². The second-order valence-corrected chi connectivity index (χ2v) is 2.36. The first-order valence-corrected chi connectivity index (χ1v) is 3.13. The maximum atomic E-state index is 10.9.